The lowest BCUT2D eigenvalue weighted by molar-refractivity contribution is -0.118. The molecule has 0 aliphatic carbocycles. The van der Waals surface area contributed by atoms with Gasteiger partial charge in [-0.15, -0.1) is 0 Å². The molecule has 0 atom stereocenters. The van der Waals surface area contributed by atoms with Gasteiger partial charge in [0.25, 0.3) is 11.8 Å². The van der Waals surface area contributed by atoms with Crippen LogP contribution < -0.4 is 14.8 Å². The van der Waals surface area contributed by atoms with E-state index in [0.29, 0.717) is 17.5 Å². The Morgan fingerprint density at radius 1 is 0.938 bits per heavy atom. The van der Waals surface area contributed by atoms with Gasteiger partial charge in [-0.1, -0.05) is 17.3 Å². The van der Waals surface area contributed by atoms with E-state index < -0.39 is 0 Å². The molecular weight excluding hydrogens is 406 g/mol. The standard InChI is InChI=1S/C25H23N3O4/c1-16-5-4-6-22(17(16)2)26-23(29)15-31-21-13-9-19(10-14-21)25-27-24(28-32-25)18-7-11-20(30-3)12-8-18/h4-14H,15H2,1-3H3,(H,26,29). The van der Waals surface area contributed by atoms with Crippen LogP contribution in [0.2, 0.25) is 0 Å². The number of nitrogens with one attached hydrogen (secondary N) is 1. The number of anilines is 1. The van der Waals surface area contributed by atoms with Crippen LogP contribution >= 0.6 is 0 Å². The van der Waals surface area contributed by atoms with Gasteiger partial charge in [0, 0.05) is 16.8 Å². The number of hydrogen-bond acceptors (Lipinski definition) is 6. The molecule has 0 spiro atoms. The van der Waals surface area contributed by atoms with Crippen molar-refractivity contribution in [2.24, 2.45) is 0 Å². The Morgan fingerprint density at radius 3 is 2.34 bits per heavy atom. The number of amides is 1. The van der Waals surface area contributed by atoms with E-state index in [4.69, 9.17) is 14.0 Å². The Hall–Kier alpha value is -4.13. The number of nitrogens with zero attached hydrogens (tertiary/aromatic N) is 2. The van der Waals surface area contributed by atoms with Crippen LogP contribution in [0, 0.1) is 13.8 Å². The molecule has 1 amide bonds. The van der Waals surface area contributed by atoms with Crippen molar-refractivity contribution in [3.8, 4) is 34.3 Å². The number of aromatic nitrogens is 2. The highest BCUT2D eigenvalue weighted by Crippen LogP contribution is 2.25. The third-order valence-corrected chi connectivity index (χ3v) is 5.12. The number of ether oxygens (including phenoxy) is 2. The minimum atomic E-state index is -0.219. The first kappa shape index (κ1) is 21.1. The molecule has 0 bridgehead atoms. The van der Waals surface area contributed by atoms with Crippen molar-refractivity contribution < 1.29 is 18.8 Å². The number of carbonyl (C=O) groups is 1. The minimum Gasteiger partial charge on any atom is -0.497 e. The maximum absolute atomic E-state index is 12.2. The van der Waals surface area contributed by atoms with Crippen molar-refractivity contribution in [3.05, 3.63) is 77.9 Å². The van der Waals surface area contributed by atoms with Gasteiger partial charge in [-0.3, -0.25) is 4.79 Å². The zero-order valence-corrected chi connectivity index (χ0v) is 18.1. The fourth-order valence-corrected chi connectivity index (χ4v) is 3.11. The largest absolute Gasteiger partial charge is 0.497 e. The van der Waals surface area contributed by atoms with Crippen LogP contribution in [0.25, 0.3) is 22.8 Å². The summed E-state index contributed by atoms with van der Waals surface area (Å²) in [6.45, 7) is 3.89. The van der Waals surface area contributed by atoms with E-state index in [0.717, 1.165) is 33.7 Å². The van der Waals surface area contributed by atoms with Gasteiger partial charge in [-0.05, 0) is 79.6 Å². The van der Waals surface area contributed by atoms with Crippen LogP contribution in [-0.2, 0) is 4.79 Å². The first-order valence-electron chi connectivity index (χ1n) is 10.1. The fourth-order valence-electron chi connectivity index (χ4n) is 3.11. The van der Waals surface area contributed by atoms with Gasteiger partial charge in [0.1, 0.15) is 11.5 Å². The molecule has 3 aromatic carbocycles. The summed E-state index contributed by atoms with van der Waals surface area (Å²) in [7, 11) is 1.62. The lowest BCUT2D eigenvalue weighted by atomic mass is 10.1. The number of carbonyl (C=O) groups excluding carboxylic acids is 1. The van der Waals surface area contributed by atoms with Gasteiger partial charge in [0.05, 0.1) is 7.11 Å². The van der Waals surface area contributed by atoms with Crippen LogP contribution in [0.4, 0.5) is 5.69 Å². The summed E-state index contributed by atoms with van der Waals surface area (Å²) in [6.07, 6.45) is 0. The Kier molecular flexibility index (Phi) is 6.17. The molecule has 0 radical (unpaired) electrons. The molecule has 1 aromatic heterocycles. The maximum atomic E-state index is 12.2. The number of hydrogen-bond donors (Lipinski definition) is 1. The van der Waals surface area contributed by atoms with Crippen molar-refractivity contribution in [2.45, 2.75) is 13.8 Å². The average molecular weight is 429 g/mol. The Morgan fingerprint density at radius 2 is 1.62 bits per heavy atom. The predicted octanol–water partition coefficient (Wildman–Crippen LogP) is 5.05. The molecule has 7 heteroatoms. The van der Waals surface area contributed by atoms with Crippen LogP contribution in [0.15, 0.2) is 71.3 Å². The third kappa shape index (κ3) is 4.78. The summed E-state index contributed by atoms with van der Waals surface area (Å²) in [6, 6.07) is 20.4. The lowest BCUT2D eigenvalue weighted by Crippen LogP contribution is -2.20. The maximum Gasteiger partial charge on any atom is 0.262 e. The summed E-state index contributed by atoms with van der Waals surface area (Å²) < 4.78 is 16.2. The predicted molar refractivity (Wildman–Crippen MR) is 122 cm³/mol. The molecule has 0 saturated carbocycles. The Labute approximate surface area is 186 Å². The molecule has 1 N–H and O–H groups in total. The molecular formula is C25H23N3O4. The van der Waals surface area contributed by atoms with E-state index in [1.807, 2.05) is 68.4 Å². The summed E-state index contributed by atoms with van der Waals surface area (Å²) in [5.41, 5.74) is 4.53. The second-order valence-electron chi connectivity index (χ2n) is 7.26. The quantitative estimate of drug-likeness (QED) is 0.443. The molecule has 0 fully saturated rings. The molecule has 1 heterocycles. The minimum absolute atomic E-state index is 0.0884. The zero-order chi connectivity index (χ0) is 22.5. The molecule has 0 saturated heterocycles. The van der Waals surface area contributed by atoms with Gasteiger partial charge < -0.3 is 19.3 Å². The van der Waals surface area contributed by atoms with Gasteiger partial charge in [-0.25, -0.2) is 0 Å². The molecule has 4 aromatic rings. The van der Waals surface area contributed by atoms with Crippen LogP contribution in [0.3, 0.4) is 0 Å². The van der Waals surface area contributed by atoms with Gasteiger partial charge in [0.15, 0.2) is 6.61 Å². The molecule has 0 aliphatic heterocycles. The first-order valence-corrected chi connectivity index (χ1v) is 10.1. The average Bonchev–Trinajstić information content (AvgIpc) is 3.31. The summed E-state index contributed by atoms with van der Waals surface area (Å²) >= 11 is 0. The van der Waals surface area contributed by atoms with Crippen LogP contribution in [0.1, 0.15) is 11.1 Å². The van der Waals surface area contributed by atoms with Crippen LogP contribution in [0.5, 0.6) is 11.5 Å². The smallest absolute Gasteiger partial charge is 0.262 e. The van der Waals surface area contributed by atoms with Crippen molar-refractivity contribution in [2.75, 3.05) is 19.0 Å². The van der Waals surface area contributed by atoms with Gasteiger partial charge in [-0.2, -0.15) is 4.98 Å². The molecule has 0 unspecified atom stereocenters. The molecule has 162 valence electrons. The summed E-state index contributed by atoms with van der Waals surface area (Å²) in [4.78, 5) is 16.7. The normalized spacial score (nSPS) is 10.6. The fraction of sp³-hybridized carbons (Fsp3) is 0.160. The van der Waals surface area contributed by atoms with E-state index in [1.54, 1.807) is 19.2 Å². The number of methoxy groups -OCH3 is 1. The van der Waals surface area contributed by atoms with E-state index in [-0.39, 0.29) is 12.5 Å². The van der Waals surface area contributed by atoms with Gasteiger partial charge >= 0.3 is 0 Å². The highest BCUT2D eigenvalue weighted by atomic mass is 16.5. The molecule has 0 aliphatic rings. The highest BCUT2D eigenvalue weighted by Gasteiger charge is 2.12. The second-order valence-corrected chi connectivity index (χ2v) is 7.26. The molecule has 32 heavy (non-hydrogen) atoms. The van der Waals surface area contributed by atoms with Crippen molar-refractivity contribution >= 4 is 11.6 Å². The monoisotopic (exact) mass is 429 g/mol. The van der Waals surface area contributed by atoms with E-state index in [9.17, 15) is 4.79 Å². The van der Waals surface area contributed by atoms with Gasteiger partial charge in [0.2, 0.25) is 5.82 Å². The second kappa shape index (κ2) is 9.34. The molecule has 4 rings (SSSR count). The topological polar surface area (TPSA) is 86.5 Å². The third-order valence-electron chi connectivity index (χ3n) is 5.12. The van der Waals surface area contributed by atoms with Crippen molar-refractivity contribution in [1.82, 2.24) is 10.1 Å². The Balaban J connectivity index is 1.36. The SMILES string of the molecule is COc1ccc(-c2noc(-c3ccc(OCC(=O)Nc4cccc(C)c4C)cc3)n2)cc1. The highest BCUT2D eigenvalue weighted by molar-refractivity contribution is 5.92. The Bertz CT molecular complexity index is 1210. The van der Waals surface area contributed by atoms with E-state index >= 15 is 0 Å². The van der Waals surface area contributed by atoms with E-state index in [2.05, 4.69) is 15.5 Å². The lowest BCUT2D eigenvalue weighted by Gasteiger charge is -2.11. The number of rotatable bonds is 7. The van der Waals surface area contributed by atoms with Crippen molar-refractivity contribution in [1.29, 1.82) is 0 Å². The number of aryl methyl sites for hydroxylation is 1. The van der Waals surface area contributed by atoms with Crippen molar-refractivity contribution in [3.63, 3.8) is 0 Å². The van der Waals surface area contributed by atoms with E-state index in [1.165, 1.54) is 0 Å². The van der Waals surface area contributed by atoms with Crippen LogP contribution in [-0.4, -0.2) is 29.8 Å². The zero-order valence-electron chi connectivity index (χ0n) is 18.1. The summed E-state index contributed by atoms with van der Waals surface area (Å²) in [5, 5.41) is 6.92. The number of benzene rings is 3. The first-order chi connectivity index (χ1) is 15.5. The summed E-state index contributed by atoms with van der Waals surface area (Å²) in [5.74, 6) is 2.00. The molecule has 7 nitrogen and oxygen atoms in total.